The van der Waals surface area contributed by atoms with E-state index >= 15 is 0 Å². The first-order valence-electron chi connectivity index (χ1n) is 9.20. The number of rotatable bonds is 4. The van der Waals surface area contributed by atoms with Crippen molar-refractivity contribution < 1.29 is 9.47 Å². The molecule has 2 aliphatic heterocycles. The summed E-state index contributed by atoms with van der Waals surface area (Å²) in [6.07, 6.45) is 2.75. The minimum atomic E-state index is 0.646. The number of nitrogens with zero attached hydrogens (tertiary/aromatic N) is 3. The van der Waals surface area contributed by atoms with Crippen LogP contribution in [0, 0.1) is 0 Å². The average Bonchev–Trinajstić information content (AvgIpc) is 2.90. The zero-order chi connectivity index (χ0) is 17.8. The van der Waals surface area contributed by atoms with E-state index in [0.717, 1.165) is 57.1 Å². The molecule has 0 amide bonds. The number of benzene rings is 1. The van der Waals surface area contributed by atoms with Crippen LogP contribution in [0.4, 0.5) is 0 Å². The van der Waals surface area contributed by atoms with Crippen LogP contribution < -0.4 is 9.47 Å². The summed E-state index contributed by atoms with van der Waals surface area (Å²) in [5.41, 5.74) is 2.31. The Kier molecular flexibility index (Phi) is 5.58. The van der Waals surface area contributed by atoms with E-state index < -0.39 is 0 Å². The highest BCUT2D eigenvalue weighted by molar-refractivity contribution is 6.32. The third-order valence-electron chi connectivity index (χ3n) is 4.84. The van der Waals surface area contributed by atoms with Crippen molar-refractivity contribution in [2.75, 3.05) is 39.4 Å². The van der Waals surface area contributed by atoms with Gasteiger partial charge in [-0.15, -0.1) is 0 Å². The summed E-state index contributed by atoms with van der Waals surface area (Å²) < 4.78 is 11.5. The van der Waals surface area contributed by atoms with E-state index in [-0.39, 0.29) is 0 Å². The Morgan fingerprint density at radius 2 is 1.73 bits per heavy atom. The van der Waals surface area contributed by atoms with Crippen LogP contribution in [-0.4, -0.2) is 54.2 Å². The average molecular weight is 374 g/mol. The Morgan fingerprint density at radius 1 is 0.962 bits per heavy atom. The lowest BCUT2D eigenvalue weighted by molar-refractivity contribution is 0.121. The standard InChI is InChI=1S/C20H24ClN3O2/c21-18-12-16(13-19-20(18)26-11-3-10-25-19)14-23-6-8-24(9-7-23)15-17-4-1-2-5-22-17/h1-2,4-5,12-13H,3,6-11,14-15H2. The van der Waals surface area contributed by atoms with E-state index in [4.69, 9.17) is 21.1 Å². The molecule has 1 fully saturated rings. The van der Waals surface area contributed by atoms with E-state index in [0.29, 0.717) is 24.0 Å². The van der Waals surface area contributed by atoms with Crippen molar-refractivity contribution in [3.63, 3.8) is 0 Å². The molecule has 26 heavy (non-hydrogen) atoms. The highest BCUT2D eigenvalue weighted by Gasteiger charge is 2.20. The van der Waals surface area contributed by atoms with E-state index in [1.807, 2.05) is 24.4 Å². The molecule has 0 unspecified atom stereocenters. The van der Waals surface area contributed by atoms with Crippen LogP contribution in [0.5, 0.6) is 11.5 Å². The van der Waals surface area contributed by atoms with Crippen molar-refractivity contribution in [1.29, 1.82) is 0 Å². The molecule has 4 rings (SSSR count). The number of hydrogen-bond acceptors (Lipinski definition) is 5. The van der Waals surface area contributed by atoms with Crippen LogP contribution in [0.2, 0.25) is 5.02 Å². The predicted molar refractivity (Wildman–Crippen MR) is 102 cm³/mol. The SMILES string of the molecule is Clc1cc(CN2CCN(Cc3ccccn3)CC2)cc2c1OCCCO2. The van der Waals surface area contributed by atoms with Gasteiger partial charge in [-0.05, 0) is 29.8 Å². The second kappa shape index (κ2) is 8.25. The number of hydrogen-bond donors (Lipinski definition) is 0. The molecule has 1 aromatic carbocycles. The summed E-state index contributed by atoms with van der Waals surface area (Å²) in [6.45, 7) is 7.32. The number of aromatic nitrogens is 1. The topological polar surface area (TPSA) is 37.8 Å². The molecule has 0 radical (unpaired) electrons. The first kappa shape index (κ1) is 17.6. The minimum Gasteiger partial charge on any atom is -0.489 e. The lowest BCUT2D eigenvalue weighted by atomic mass is 10.1. The van der Waals surface area contributed by atoms with Crippen LogP contribution in [0.15, 0.2) is 36.5 Å². The maximum atomic E-state index is 6.41. The van der Waals surface area contributed by atoms with Gasteiger partial charge >= 0.3 is 0 Å². The highest BCUT2D eigenvalue weighted by atomic mass is 35.5. The Balaban J connectivity index is 1.34. The minimum absolute atomic E-state index is 0.646. The van der Waals surface area contributed by atoms with Gasteiger partial charge in [0.2, 0.25) is 0 Å². The summed E-state index contributed by atoms with van der Waals surface area (Å²) in [5.74, 6) is 1.46. The van der Waals surface area contributed by atoms with E-state index in [2.05, 4.69) is 26.9 Å². The lowest BCUT2D eigenvalue weighted by Gasteiger charge is -2.34. The smallest absolute Gasteiger partial charge is 0.179 e. The van der Waals surface area contributed by atoms with Crippen LogP contribution in [0.25, 0.3) is 0 Å². The van der Waals surface area contributed by atoms with E-state index in [1.165, 1.54) is 5.56 Å². The summed E-state index contributed by atoms with van der Waals surface area (Å²) >= 11 is 6.41. The summed E-state index contributed by atoms with van der Waals surface area (Å²) in [7, 11) is 0. The van der Waals surface area contributed by atoms with Crippen LogP contribution in [-0.2, 0) is 13.1 Å². The molecular formula is C20H24ClN3O2. The first-order chi connectivity index (χ1) is 12.8. The maximum Gasteiger partial charge on any atom is 0.179 e. The van der Waals surface area contributed by atoms with Gasteiger partial charge in [0.1, 0.15) is 0 Å². The zero-order valence-corrected chi connectivity index (χ0v) is 15.6. The molecular weight excluding hydrogens is 350 g/mol. The Morgan fingerprint density at radius 3 is 2.50 bits per heavy atom. The first-order valence-corrected chi connectivity index (χ1v) is 9.58. The number of ether oxygens (including phenoxy) is 2. The fraction of sp³-hybridized carbons (Fsp3) is 0.450. The monoisotopic (exact) mass is 373 g/mol. The number of halogens is 1. The van der Waals surface area contributed by atoms with Gasteiger partial charge in [0.25, 0.3) is 0 Å². The molecule has 0 atom stereocenters. The summed E-state index contributed by atoms with van der Waals surface area (Å²) in [6, 6.07) is 10.2. The zero-order valence-electron chi connectivity index (χ0n) is 14.9. The van der Waals surface area contributed by atoms with Gasteiger partial charge in [-0.3, -0.25) is 14.8 Å². The normalized spacial score (nSPS) is 18.5. The van der Waals surface area contributed by atoms with Gasteiger partial charge in [-0.25, -0.2) is 0 Å². The Labute approximate surface area is 159 Å². The van der Waals surface area contributed by atoms with E-state index in [1.54, 1.807) is 0 Å². The van der Waals surface area contributed by atoms with Gasteiger partial charge in [0, 0.05) is 51.9 Å². The molecule has 0 saturated carbocycles. The molecule has 0 N–H and O–H groups in total. The Bertz CT molecular complexity index is 733. The second-order valence-corrected chi connectivity index (χ2v) is 7.24. The molecule has 0 aliphatic carbocycles. The van der Waals surface area contributed by atoms with Crippen LogP contribution in [0.1, 0.15) is 17.7 Å². The van der Waals surface area contributed by atoms with Crippen LogP contribution in [0.3, 0.4) is 0 Å². The number of fused-ring (bicyclic) bond motifs is 1. The maximum absolute atomic E-state index is 6.41. The molecule has 0 spiro atoms. The van der Waals surface area contributed by atoms with Crippen molar-refractivity contribution in [2.24, 2.45) is 0 Å². The van der Waals surface area contributed by atoms with Gasteiger partial charge in [-0.2, -0.15) is 0 Å². The Hall–Kier alpha value is -1.82. The van der Waals surface area contributed by atoms with Gasteiger partial charge in [0.15, 0.2) is 11.5 Å². The fourth-order valence-electron chi connectivity index (χ4n) is 3.46. The predicted octanol–water partition coefficient (Wildman–Crippen LogP) is 3.21. The molecule has 3 heterocycles. The number of pyridine rings is 1. The fourth-order valence-corrected chi connectivity index (χ4v) is 3.75. The van der Waals surface area contributed by atoms with E-state index in [9.17, 15) is 0 Å². The molecule has 0 bridgehead atoms. The largest absolute Gasteiger partial charge is 0.489 e. The molecule has 5 nitrogen and oxygen atoms in total. The third-order valence-corrected chi connectivity index (χ3v) is 5.13. The van der Waals surface area contributed by atoms with Crippen molar-refractivity contribution in [3.8, 4) is 11.5 Å². The second-order valence-electron chi connectivity index (χ2n) is 6.83. The van der Waals surface area contributed by atoms with Crippen molar-refractivity contribution >= 4 is 11.6 Å². The molecule has 6 heteroatoms. The number of piperazine rings is 1. The highest BCUT2D eigenvalue weighted by Crippen LogP contribution is 2.38. The molecule has 2 aliphatic rings. The molecule has 138 valence electrons. The molecule has 1 saturated heterocycles. The van der Waals surface area contributed by atoms with Crippen molar-refractivity contribution in [3.05, 3.63) is 52.8 Å². The lowest BCUT2D eigenvalue weighted by Crippen LogP contribution is -2.45. The van der Waals surface area contributed by atoms with Gasteiger partial charge in [-0.1, -0.05) is 17.7 Å². The van der Waals surface area contributed by atoms with Crippen molar-refractivity contribution in [1.82, 2.24) is 14.8 Å². The van der Waals surface area contributed by atoms with Gasteiger partial charge in [0.05, 0.1) is 23.9 Å². The summed E-state index contributed by atoms with van der Waals surface area (Å²) in [4.78, 5) is 9.34. The quantitative estimate of drug-likeness (QED) is 0.822. The van der Waals surface area contributed by atoms with Crippen LogP contribution >= 0.6 is 11.6 Å². The molecule has 2 aromatic rings. The molecule has 1 aromatic heterocycles. The van der Waals surface area contributed by atoms with Crippen molar-refractivity contribution in [2.45, 2.75) is 19.5 Å². The third kappa shape index (κ3) is 4.29. The van der Waals surface area contributed by atoms with Gasteiger partial charge < -0.3 is 9.47 Å². The summed E-state index contributed by atoms with van der Waals surface area (Å²) in [5, 5.41) is 0.646.